The van der Waals surface area contributed by atoms with Crippen LogP contribution in [0.4, 0.5) is 5.69 Å². The Hall–Kier alpha value is -3.03. The summed E-state index contributed by atoms with van der Waals surface area (Å²) >= 11 is 6.46. The van der Waals surface area contributed by atoms with Gasteiger partial charge in [0.1, 0.15) is 11.4 Å². The first kappa shape index (κ1) is 36.8. The van der Waals surface area contributed by atoms with Gasteiger partial charge in [0, 0.05) is 35.0 Å². The molecular weight excluding hydrogens is 670 g/mol. The number of anilines is 1. The number of piperidine rings is 1. The number of amides is 1. The molecule has 0 bridgehead atoms. The number of nitrogens with one attached hydrogen (secondary N) is 1. The van der Waals surface area contributed by atoms with Crippen molar-refractivity contribution in [2.75, 3.05) is 44.2 Å². The van der Waals surface area contributed by atoms with E-state index in [1.165, 1.54) is 30.4 Å². The maximum atomic E-state index is 13.3. The topological polar surface area (TPSA) is 99.2 Å². The lowest BCUT2D eigenvalue weighted by Crippen LogP contribution is -2.52. The highest BCUT2D eigenvalue weighted by Gasteiger charge is 2.47. The van der Waals surface area contributed by atoms with Crippen LogP contribution in [0.3, 0.4) is 0 Å². The molecule has 2 fully saturated rings. The number of carbonyl (C=O) groups excluding carboxylic acids is 1. The standard InChI is InChI=1S/C40H52ClN3O5S/c1-4-5-19-40(46,20-10-23-43-21-7-6-8-22-43)35-15-12-32(35)26-44-27-39(18-9-11-30-24-33(41)14-16-34(30)39)28-49-37-17-13-31(25-36(37)44)38(45)42-50(47,48)29(2)3/h5,13-14,16-17,19,24-25,29,32,35,46H,4,6-9,11-12,15,18,21-23,26-28H2,1-3H3,(H,42,45)/b19-5+/t32-,35+,39-,40-/m0/s1. The Morgan fingerprint density at radius 3 is 2.68 bits per heavy atom. The van der Waals surface area contributed by atoms with Gasteiger partial charge in [-0.3, -0.25) is 9.69 Å². The highest BCUT2D eigenvalue weighted by Crippen LogP contribution is 2.48. The molecular formula is C40H52ClN3O5S. The van der Waals surface area contributed by atoms with Gasteiger partial charge in [-0.1, -0.05) is 48.9 Å². The molecule has 6 rings (SSSR count). The van der Waals surface area contributed by atoms with Crippen LogP contribution in [0.25, 0.3) is 0 Å². The predicted molar refractivity (Wildman–Crippen MR) is 200 cm³/mol. The summed E-state index contributed by atoms with van der Waals surface area (Å²) in [6, 6.07) is 11.4. The van der Waals surface area contributed by atoms with Crippen molar-refractivity contribution in [2.24, 2.45) is 11.8 Å². The fourth-order valence-corrected chi connectivity index (χ4v) is 8.98. The Bertz CT molecular complexity index is 1760. The van der Waals surface area contributed by atoms with E-state index >= 15 is 0 Å². The Morgan fingerprint density at radius 1 is 1.16 bits per heavy atom. The van der Waals surface area contributed by atoms with Crippen LogP contribution >= 0.6 is 11.6 Å². The molecule has 4 atom stereocenters. The maximum Gasteiger partial charge on any atom is 0.264 e. The van der Waals surface area contributed by atoms with Gasteiger partial charge in [-0.15, -0.1) is 0 Å². The number of halogens is 1. The first-order valence-corrected chi connectivity index (χ1v) is 20.3. The Morgan fingerprint density at radius 2 is 1.96 bits per heavy atom. The zero-order valence-corrected chi connectivity index (χ0v) is 31.3. The molecule has 4 aliphatic rings. The van der Waals surface area contributed by atoms with E-state index in [-0.39, 0.29) is 22.8 Å². The molecule has 0 unspecified atom stereocenters. The van der Waals surface area contributed by atoms with E-state index in [0.29, 0.717) is 32.0 Å². The Balaban J connectivity index is 1.33. The fourth-order valence-electron chi connectivity index (χ4n) is 8.18. The van der Waals surface area contributed by atoms with Gasteiger partial charge in [0.2, 0.25) is 10.0 Å². The third-order valence-electron chi connectivity index (χ3n) is 11.2. The minimum absolute atomic E-state index is 0.0529. The van der Waals surface area contributed by atoms with Gasteiger partial charge in [-0.25, -0.2) is 13.1 Å². The predicted octanol–water partition coefficient (Wildman–Crippen LogP) is 6.49. The van der Waals surface area contributed by atoms with E-state index < -0.39 is 26.8 Å². The van der Waals surface area contributed by atoms with Crippen LogP contribution in [0.15, 0.2) is 48.6 Å². The molecule has 0 aromatic heterocycles. The molecule has 2 aliphatic heterocycles. The van der Waals surface area contributed by atoms with Gasteiger partial charge in [-0.2, -0.15) is 0 Å². The van der Waals surface area contributed by atoms with E-state index in [9.17, 15) is 18.3 Å². The van der Waals surface area contributed by atoms with Crippen molar-refractivity contribution in [2.45, 2.75) is 94.8 Å². The maximum absolute atomic E-state index is 13.3. The second-order valence-corrected chi connectivity index (χ2v) is 17.7. The normalized spacial score (nSPS) is 25.0. The molecule has 2 N–H and O–H groups in total. The molecule has 1 amide bonds. The van der Waals surface area contributed by atoms with E-state index in [1.807, 2.05) is 18.2 Å². The summed E-state index contributed by atoms with van der Waals surface area (Å²) in [5.74, 6) is 6.75. The fraction of sp³-hybridized carbons (Fsp3) is 0.575. The van der Waals surface area contributed by atoms with Crippen molar-refractivity contribution in [3.63, 3.8) is 0 Å². The Kier molecular flexibility index (Phi) is 11.2. The summed E-state index contributed by atoms with van der Waals surface area (Å²) in [4.78, 5) is 18.0. The summed E-state index contributed by atoms with van der Waals surface area (Å²) in [7, 11) is -3.81. The van der Waals surface area contributed by atoms with Gasteiger partial charge in [0.25, 0.3) is 5.91 Å². The van der Waals surface area contributed by atoms with Crippen LogP contribution in [-0.4, -0.2) is 74.5 Å². The van der Waals surface area contributed by atoms with Gasteiger partial charge in [-0.05, 0) is 132 Å². The number of benzene rings is 2. The molecule has 1 saturated carbocycles. The second-order valence-electron chi connectivity index (χ2n) is 15.0. The van der Waals surface area contributed by atoms with Crippen molar-refractivity contribution >= 4 is 33.2 Å². The van der Waals surface area contributed by atoms with Crippen LogP contribution in [0.2, 0.25) is 5.02 Å². The van der Waals surface area contributed by atoms with Crippen molar-refractivity contribution in [1.29, 1.82) is 0 Å². The van der Waals surface area contributed by atoms with Crippen molar-refractivity contribution < 1.29 is 23.1 Å². The molecule has 2 aliphatic carbocycles. The number of ether oxygens (including phenoxy) is 1. The number of rotatable bonds is 9. The van der Waals surface area contributed by atoms with E-state index in [0.717, 1.165) is 62.3 Å². The number of likely N-dealkylation sites (tertiary alicyclic amines) is 1. The molecule has 270 valence electrons. The zero-order chi connectivity index (χ0) is 35.5. The summed E-state index contributed by atoms with van der Waals surface area (Å²) in [5.41, 5.74) is 1.94. The van der Waals surface area contributed by atoms with Gasteiger partial charge in [0.15, 0.2) is 0 Å². The monoisotopic (exact) mass is 721 g/mol. The molecule has 50 heavy (non-hydrogen) atoms. The van der Waals surface area contributed by atoms with Crippen LogP contribution in [0.5, 0.6) is 5.75 Å². The highest BCUT2D eigenvalue weighted by molar-refractivity contribution is 7.90. The second kappa shape index (κ2) is 15.3. The summed E-state index contributed by atoms with van der Waals surface area (Å²) < 4.78 is 34.1. The number of carbonyl (C=O) groups is 1. The van der Waals surface area contributed by atoms with E-state index in [1.54, 1.807) is 32.0 Å². The van der Waals surface area contributed by atoms with Crippen LogP contribution in [0, 0.1) is 23.7 Å². The van der Waals surface area contributed by atoms with Crippen molar-refractivity contribution in [3.05, 3.63) is 70.3 Å². The molecule has 8 nitrogen and oxygen atoms in total. The van der Waals surface area contributed by atoms with Gasteiger partial charge < -0.3 is 14.7 Å². The van der Waals surface area contributed by atoms with Gasteiger partial charge >= 0.3 is 0 Å². The number of aryl methyl sites for hydroxylation is 1. The molecule has 2 heterocycles. The zero-order valence-electron chi connectivity index (χ0n) is 29.7. The Labute approximate surface area is 303 Å². The first-order valence-electron chi connectivity index (χ1n) is 18.4. The van der Waals surface area contributed by atoms with Crippen LogP contribution in [0.1, 0.15) is 93.6 Å². The van der Waals surface area contributed by atoms with Crippen molar-refractivity contribution in [1.82, 2.24) is 9.62 Å². The van der Waals surface area contributed by atoms with Crippen LogP contribution in [-0.2, 0) is 21.9 Å². The number of sulfonamides is 1. The SMILES string of the molecule is CC/C=C/[C@](O)(C#CCN1CCCCC1)[C@@H]1CC[C@H]1CN1C[C@@]2(CCCc3cc(Cl)ccc32)COc2ccc(C(=O)NS(=O)(=O)C(C)C)cc21. The van der Waals surface area contributed by atoms with Crippen molar-refractivity contribution in [3.8, 4) is 17.6 Å². The average molecular weight is 722 g/mol. The minimum Gasteiger partial charge on any atom is -0.490 e. The van der Waals surface area contributed by atoms with E-state index in [2.05, 4.69) is 45.4 Å². The van der Waals surface area contributed by atoms with Crippen LogP contribution < -0.4 is 14.4 Å². The average Bonchev–Trinajstić information content (AvgIpc) is 3.22. The molecule has 2 aromatic rings. The summed E-state index contributed by atoms with van der Waals surface area (Å²) in [5, 5.41) is 12.1. The summed E-state index contributed by atoms with van der Waals surface area (Å²) in [6.45, 7) is 9.69. The molecule has 2 aromatic carbocycles. The largest absolute Gasteiger partial charge is 0.490 e. The van der Waals surface area contributed by atoms with Gasteiger partial charge in [0.05, 0.1) is 24.1 Å². The highest BCUT2D eigenvalue weighted by atomic mass is 35.5. The number of aliphatic hydroxyl groups is 1. The quantitative estimate of drug-likeness (QED) is 0.226. The molecule has 1 saturated heterocycles. The molecule has 0 radical (unpaired) electrons. The molecule has 10 heteroatoms. The third-order valence-corrected chi connectivity index (χ3v) is 13.2. The number of hydrogen-bond acceptors (Lipinski definition) is 7. The lowest BCUT2D eigenvalue weighted by atomic mass is 9.64. The van der Waals surface area contributed by atoms with E-state index in [4.69, 9.17) is 16.3 Å². The smallest absolute Gasteiger partial charge is 0.264 e. The lowest BCUT2D eigenvalue weighted by molar-refractivity contribution is -0.00324. The summed E-state index contributed by atoms with van der Waals surface area (Å²) in [6.07, 6.45) is 13.1. The minimum atomic E-state index is -3.81. The number of nitrogens with zero attached hydrogens (tertiary/aromatic N) is 2. The first-order chi connectivity index (χ1) is 23.9. The third kappa shape index (κ3) is 7.89. The number of fused-ring (bicyclic) bond motifs is 3. The number of allylic oxidation sites excluding steroid dienone is 1. The number of hydrogen-bond donors (Lipinski definition) is 2. The molecule has 1 spiro atoms. The lowest BCUT2D eigenvalue weighted by Gasteiger charge is -2.47.